The first-order valence-corrected chi connectivity index (χ1v) is 7.81. The summed E-state index contributed by atoms with van der Waals surface area (Å²) in [6.45, 7) is 5.26. The summed E-state index contributed by atoms with van der Waals surface area (Å²) in [4.78, 5) is 2.55. The van der Waals surface area contributed by atoms with Crippen LogP contribution in [0.5, 0.6) is 11.5 Å². The third-order valence-electron chi connectivity index (χ3n) is 4.70. The SMILES string of the molecule is COc1ccc(C(C)N2C(C)CCCC2CN)c(OC)c1. The number of rotatable bonds is 5. The second-order valence-electron chi connectivity index (χ2n) is 5.90. The minimum atomic E-state index is 0.287. The predicted molar refractivity (Wildman–Crippen MR) is 86.0 cm³/mol. The largest absolute Gasteiger partial charge is 0.497 e. The van der Waals surface area contributed by atoms with E-state index in [0.29, 0.717) is 18.6 Å². The van der Waals surface area contributed by atoms with Gasteiger partial charge in [0, 0.05) is 36.3 Å². The van der Waals surface area contributed by atoms with Crippen molar-refractivity contribution in [1.82, 2.24) is 4.90 Å². The molecular weight excluding hydrogens is 264 g/mol. The molecule has 0 bridgehead atoms. The topological polar surface area (TPSA) is 47.7 Å². The molecule has 3 unspecified atom stereocenters. The molecule has 0 aliphatic carbocycles. The summed E-state index contributed by atoms with van der Waals surface area (Å²) in [7, 11) is 3.39. The van der Waals surface area contributed by atoms with Crippen LogP contribution >= 0.6 is 0 Å². The van der Waals surface area contributed by atoms with Crippen LogP contribution in [0.15, 0.2) is 18.2 Å². The van der Waals surface area contributed by atoms with Gasteiger partial charge in [-0.2, -0.15) is 0 Å². The summed E-state index contributed by atoms with van der Waals surface area (Å²) in [6, 6.07) is 7.36. The van der Waals surface area contributed by atoms with E-state index in [1.165, 1.54) is 24.8 Å². The Morgan fingerprint density at radius 2 is 2.05 bits per heavy atom. The minimum absolute atomic E-state index is 0.287. The second kappa shape index (κ2) is 7.14. The molecule has 3 atom stereocenters. The molecule has 0 radical (unpaired) electrons. The Hall–Kier alpha value is -1.26. The number of ether oxygens (including phenoxy) is 2. The first-order valence-electron chi connectivity index (χ1n) is 7.81. The molecule has 4 nitrogen and oxygen atoms in total. The Balaban J connectivity index is 2.31. The summed E-state index contributed by atoms with van der Waals surface area (Å²) in [6.07, 6.45) is 3.69. The van der Waals surface area contributed by atoms with Crippen molar-refractivity contribution >= 4 is 0 Å². The molecule has 1 fully saturated rings. The number of nitrogens with zero attached hydrogens (tertiary/aromatic N) is 1. The quantitative estimate of drug-likeness (QED) is 0.906. The summed E-state index contributed by atoms with van der Waals surface area (Å²) >= 11 is 0. The molecule has 1 aromatic carbocycles. The Morgan fingerprint density at radius 3 is 2.67 bits per heavy atom. The van der Waals surface area contributed by atoms with Crippen LogP contribution in [0.2, 0.25) is 0 Å². The molecule has 4 heteroatoms. The third kappa shape index (κ3) is 3.33. The molecule has 1 aliphatic heterocycles. The zero-order valence-electron chi connectivity index (χ0n) is 13.6. The predicted octanol–water partition coefficient (Wildman–Crippen LogP) is 2.97. The van der Waals surface area contributed by atoms with Gasteiger partial charge in [0.2, 0.25) is 0 Å². The van der Waals surface area contributed by atoms with Gasteiger partial charge in [0.15, 0.2) is 0 Å². The van der Waals surface area contributed by atoms with E-state index in [1.54, 1.807) is 14.2 Å². The van der Waals surface area contributed by atoms with Crippen LogP contribution < -0.4 is 15.2 Å². The molecular formula is C17H28N2O2. The highest BCUT2D eigenvalue weighted by Gasteiger charge is 2.32. The molecule has 2 rings (SSSR count). The highest BCUT2D eigenvalue weighted by atomic mass is 16.5. The van der Waals surface area contributed by atoms with Crippen molar-refractivity contribution in [1.29, 1.82) is 0 Å². The van der Waals surface area contributed by atoms with Crippen molar-refractivity contribution in [2.75, 3.05) is 20.8 Å². The number of piperidine rings is 1. The van der Waals surface area contributed by atoms with Crippen LogP contribution in [0.3, 0.4) is 0 Å². The van der Waals surface area contributed by atoms with E-state index in [1.807, 2.05) is 12.1 Å². The van der Waals surface area contributed by atoms with E-state index in [9.17, 15) is 0 Å². The Bertz CT molecular complexity index is 464. The number of benzene rings is 1. The Morgan fingerprint density at radius 1 is 1.29 bits per heavy atom. The van der Waals surface area contributed by atoms with Gasteiger partial charge in [-0.05, 0) is 32.8 Å². The number of methoxy groups -OCH3 is 2. The van der Waals surface area contributed by atoms with E-state index < -0.39 is 0 Å². The van der Waals surface area contributed by atoms with Crippen molar-refractivity contribution < 1.29 is 9.47 Å². The fourth-order valence-electron chi connectivity index (χ4n) is 3.57. The van der Waals surface area contributed by atoms with Gasteiger partial charge in [-0.15, -0.1) is 0 Å². The summed E-state index contributed by atoms with van der Waals surface area (Å²) in [5.74, 6) is 1.71. The molecule has 1 heterocycles. The third-order valence-corrected chi connectivity index (χ3v) is 4.70. The Labute approximate surface area is 128 Å². The van der Waals surface area contributed by atoms with Gasteiger partial charge in [0.05, 0.1) is 14.2 Å². The highest BCUT2D eigenvalue weighted by molar-refractivity contribution is 5.42. The van der Waals surface area contributed by atoms with Crippen LogP contribution in [0.1, 0.15) is 44.7 Å². The smallest absolute Gasteiger partial charge is 0.127 e. The molecule has 21 heavy (non-hydrogen) atoms. The number of nitrogens with two attached hydrogens (primary N) is 1. The van der Waals surface area contributed by atoms with Gasteiger partial charge in [0.25, 0.3) is 0 Å². The average Bonchev–Trinajstić information content (AvgIpc) is 2.53. The zero-order valence-corrected chi connectivity index (χ0v) is 13.6. The molecule has 0 saturated carbocycles. The molecule has 118 valence electrons. The summed E-state index contributed by atoms with van der Waals surface area (Å²) in [5, 5.41) is 0. The van der Waals surface area contributed by atoms with Gasteiger partial charge < -0.3 is 15.2 Å². The average molecular weight is 292 g/mol. The van der Waals surface area contributed by atoms with E-state index >= 15 is 0 Å². The standard InChI is InChI=1S/C17H28N2O2/c1-12-6-5-7-14(11-18)19(12)13(2)16-9-8-15(20-3)10-17(16)21-4/h8-10,12-14H,5-7,11,18H2,1-4H3. The summed E-state index contributed by atoms with van der Waals surface area (Å²) in [5.41, 5.74) is 7.19. The first kappa shape index (κ1) is 16.1. The fourth-order valence-corrected chi connectivity index (χ4v) is 3.57. The van der Waals surface area contributed by atoms with Crippen molar-refractivity contribution in [3.63, 3.8) is 0 Å². The van der Waals surface area contributed by atoms with Crippen molar-refractivity contribution in [2.45, 2.75) is 51.2 Å². The van der Waals surface area contributed by atoms with E-state index in [-0.39, 0.29) is 6.04 Å². The van der Waals surface area contributed by atoms with Gasteiger partial charge in [0.1, 0.15) is 11.5 Å². The van der Waals surface area contributed by atoms with E-state index in [2.05, 4.69) is 24.8 Å². The molecule has 1 aromatic rings. The highest BCUT2D eigenvalue weighted by Crippen LogP contribution is 2.37. The number of hydrogen-bond donors (Lipinski definition) is 1. The maximum absolute atomic E-state index is 6.00. The fraction of sp³-hybridized carbons (Fsp3) is 0.647. The van der Waals surface area contributed by atoms with Crippen molar-refractivity contribution in [3.05, 3.63) is 23.8 Å². The van der Waals surface area contributed by atoms with Gasteiger partial charge in [-0.1, -0.05) is 12.5 Å². The van der Waals surface area contributed by atoms with Crippen LogP contribution in [0.25, 0.3) is 0 Å². The maximum atomic E-state index is 6.00. The molecule has 1 saturated heterocycles. The number of likely N-dealkylation sites (tertiary alicyclic amines) is 1. The zero-order chi connectivity index (χ0) is 15.4. The number of hydrogen-bond acceptors (Lipinski definition) is 4. The Kier molecular flexibility index (Phi) is 5.48. The van der Waals surface area contributed by atoms with Crippen LogP contribution in [-0.4, -0.2) is 37.7 Å². The second-order valence-corrected chi connectivity index (χ2v) is 5.90. The van der Waals surface area contributed by atoms with Crippen LogP contribution in [0.4, 0.5) is 0 Å². The lowest BCUT2D eigenvalue weighted by Gasteiger charge is -2.44. The first-order chi connectivity index (χ1) is 10.1. The van der Waals surface area contributed by atoms with Gasteiger partial charge in [-0.25, -0.2) is 0 Å². The molecule has 0 aromatic heterocycles. The molecule has 0 spiro atoms. The van der Waals surface area contributed by atoms with Crippen LogP contribution in [-0.2, 0) is 0 Å². The molecule has 0 amide bonds. The van der Waals surface area contributed by atoms with E-state index in [0.717, 1.165) is 11.5 Å². The lowest BCUT2D eigenvalue weighted by Crippen LogP contribution is -2.49. The van der Waals surface area contributed by atoms with Crippen molar-refractivity contribution in [3.8, 4) is 11.5 Å². The van der Waals surface area contributed by atoms with Crippen LogP contribution in [0, 0.1) is 0 Å². The normalized spacial score (nSPS) is 24.6. The summed E-state index contributed by atoms with van der Waals surface area (Å²) < 4.78 is 10.9. The van der Waals surface area contributed by atoms with Gasteiger partial charge >= 0.3 is 0 Å². The lowest BCUT2D eigenvalue weighted by atomic mass is 9.92. The van der Waals surface area contributed by atoms with Crippen molar-refractivity contribution in [2.24, 2.45) is 5.73 Å². The molecule has 2 N–H and O–H groups in total. The van der Waals surface area contributed by atoms with E-state index in [4.69, 9.17) is 15.2 Å². The maximum Gasteiger partial charge on any atom is 0.127 e. The lowest BCUT2D eigenvalue weighted by molar-refractivity contribution is 0.0560. The van der Waals surface area contributed by atoms with Gasteiger partial charge in [-0.3, -0.25) is 4.90 Å². The molecule has 1 aliphatic rings. The minimum Gasteiger partial charge on any atom is -0.497 e. The monoisotopic (exact) mass is 292 g/mol.